The second-order valence-corrected chi connectivity index (χ2v) is 23.6. The van der Waals surface area contributed by atoms with E-state index in [0.29, 0.717) is 27.8 Å². The van der Waals surface area contributed by atoms with Crippen LogP contribution in [0.15, 0.2) is 152 Å². The molecule has 0 saturated carbocycles. The van der Waals surface area contributed by atoms with Gasteiger partial charge < -0.3 is 0 Å². The molecule has 5 heterocycles. The first-order chi connectivity index (χ1) is 44.8. The maximum Gasteiger partial charge on any atom is 0.213 e. The summed E-state index contributed by atoms with van der Waals surface area (Å²) in [5.41, 5.74) is 31.5. The number of aryl methyl sites for hydroxylation is 25. The summed E-state index contributed by atoms with van der Waals surface area (Å²) in [4.78, 5) is 0. The van der Waals surface area contributed by atoms with Gasteiger partial charge >= 0.3 is 0 Å². The molecule has 5 aromatic heterocycles. The van der Waals surface area contributed by atoms with Crippen LogP contribution in [0.2, 0.25) is 0 Å². The maximum atomic E-state index is 7.59. The van der Waals surface area contributed by atoms with Gasteiger partial charge in [-0.1, -0.05) is 89.5 Å². The van der Waals surface area contributed by atoms with Gasteiger partial charge in [-0.05, 0) is 223 Å². The van der Waals surface area contributed by atoms with Gasteiger partial charge in [0, 0.05) is 91.3 Å². The monoisotopic (exact) mass is 1140 g/mol. The van der Waals surface area contributed by atoms with Gasteiger partial charge in [0.05, 0.1) is 11.1 Å². The molecule has 0 aliphatic heterocycles. The van der Waals surface area contributed by atoms with Gasteiger partial charge in [0.2, 0.25) is 28.5 Å². The SMILES string of the molecule is Cc1cc(-c2c(C)cccc2C)[n+](C)cc1C.Cc1ccc(C)c(-c2cc(C)c(C)c[n+]2C)c1.[2H]C([2H])([2H])c1c[n+](C)c(-c2c(C)cccc2C)cc1C.[2H]C([2H])([2H])c1c[n+](C)c(-c2cc(C)ccc2C)cc1C.[2H]C([2H])([2H])c1ccc(-c2cc(C)c(C([2H])([2H])[2H])c[n+]2C)c(C)c1. The average molecular weight is 1140 g/mol. The third-order valence-corrected chi connectivity index (χ3v) is 16.2. The first kappa shape index (κ1) is 50.2. The molecule has 0 radical (unpaired) electrons. The van der Waals surface area contributed by atoms with Crippen LogP contribution < -0.4 is 22.8 Å². The van der Waals surface area contributed by atoms with Crippen molar-refractivity contribution in [2.24, 2.45) is 35.2 Å². The third kappa shape index (κ3) is 16.4. The molecule has 0 fully saturated rings. The van der Waals surface area contributed by atoms with Crippen LogP contribution in [0.25, 0.3) is 56.3 Å². The van der Waals surface area contributed by atoms with E-state index in [-0.39, 0.29) is 0 Å². The number of aromatic nitrogens is 5. The van der Waals surface area contributed by atoms with Crippen molar-refractivity contribution in [3.8, 4) is 56.3 Å². The number of nitrogens with zero attached hydrogens (tertiary/aromatic N) is 5. The Labute approximate surface area is 530 Å². The Balaban J connectivity index is 0.000000192. The van der Waals surface area contributed by atoms with E-state index in [1.54, 1.807) is 55.3 Å². The molecule has 10 aromatic rings. The van der Waals surface area contributed by atoms with E-state index < -0.39 is 27.4 Å². The minimum Gasteiger partial charge on any atom is -0.201 e. The number of hydrogen-bond acceptors (Lipinski definition) is 0. The van der Waals surface area contributed by atoms with Gasteiger partial charge in [0.1, 0.15) is 35.2 Å². The largest absolute Gasteiger partial charge is 0.213 e. The van der Waals surface area contributed by atoms with Crippen molar-refractivity contribution < 1.29 is 39.3 Å². The molecule has 5 nitrogen and oxygen atoms in total. The summed E-state index contributed by atoms with van der Waals surface area (Å²) < 4.78 is 101. The highest BCUT2D eigenvalue weighted by Crippen LogP contribution is 2.29. The average Bonchev–Trinajstić information content (AvgIpc) is 0.793. The fourth-order valence-electron chi connectivity index (χ4n) is 10.7. The molecule has 0 aliphatic carbocycles. The van der Waals surface area contributed by atoms with Crippen LogP contribution in [-0.4, -0.2) is 0 Å². The van der Waals surface area contributed by atoms with E-state index in [2.05, 4.69) is 198 Å². The summed E-state index contributed by atoms with van der Waals surface area (Å²) in [7, 11) is 9.82. The van der Waals surface area contributed by atoms with Gasteiger partial charge in [0.15, 0.2) is 31.0 Å². The summed E-state index contributed by atoms with van der Waals surface area (Å²) in [5.74, 6) is 0. The number of benzene rings is 5. The van der Waals surface area contributed by atoms with E-state index in [1.807, 2.05) is 68.3 Å². The zero-order valence-corrected chi connectivity index (χ0v) is 54.7. The number of rotatable bonds is 5. The number of hydrogen-bond donors (Lipinski definition) is 0. The van der Waals surface area contributed by atoms with Crippen LogP contribution in [0.1, 0.15) is 128 Å². The predicted molar refractivity (Wildman–Crippen MR) is 360 cm³/mol. The van der Waals surface area contributed by atoms with Gasteiger partial charge in [-0.3, -0.25) is 0 Å². The Kier molecular flexibility index (Phi) is 16.9. The van der Waals surface area contributed by atoms with Crippen molar-refractivity contribution in [2.45, 2.75) is 138 Å². The molecule has 0 aliphatic rings. The fraction of sp³-hybridized carbons (Fsp3) is 0.312. The summed E-state index contributed by atoms with van der Waals surface area (Å²) in [5, 5.41) is 0. The van der Waals surface area contributed by atoms with E-state index in [9.17, 15) is 0 Å². The highest BCUT2D eigenvalue weighted by Gasteiger charge is 2.20. The standard InChI is InChI=1S/5C16H20N/c1-11-6-7-15(13(3)8-11)16-9-12(2)14(4)10-17(16)5;2*1-11-6-7-12(2)15(8-11)16-9-13(3)14(4)10-17(16)5;2*1-11-7-6-8-12(2)16(11)15-9-13(3)14(4)10-17(15)5/h5*6-10H,1-5H3/q5*+1/i1D3,4D3;4D3;;4D3;. The van der Waals surface area contributed by atoms with Gasteiger partial charge in [-0.2, -0.15) is 0 Å². The summed E-state index contributed by atoms with van der Waals surface area (Å²) >= 11 is 0. The Morgan fingerprint density at radius 3 is 0.847 bits per heavy atom. The molecule has 85 heavy (non-hydrogen) atoms. The summed E-state index contributed by atoms with van der Waals surface area (Å²) in [6, 6.07) is 41.0. The lowest BCUT2D eigenvalue weighted by atomic mass is 9.97. The van der Waals surface area contributed by atoms with Crippen molar-refractivity contribution in [3.63, 3.8) is 0 Å². The first-order valence-corrected chi connectivity index (χ1v) is 29.2. The van der Waals surface area contributed by atoms with Crippen molar-refractivity contribution in [1.82, 2.24) is 0 Å². The van der Waals surface area contributed by atoms with E-state index in [4.69, 9.17) is 16.4 Å². The van der Waals surface area contributed by atoms with Crippen molar-refractivity contribution >= 4 is 0 Å². The molecule has 5 heteroatoms. The zero-order valence-electron chi connectivity index (χ0n) is 66.7. The van der Waals surface area contributed by atoms with Crippen LogP contribution in [0, 0.1) is 138 Å². The second kappa shape index (κ2) is 28.6. The summed E-state index contributed by atoms with van der Waals surface area (Å²) in [6.07, 6.45) is 9.47. The van der Waals surface area contributed by atoms with E-state index in [1.165, 1.54) is 94.8 Å². The van der Waals surface area contributed by atoms with Crippen LogP contribution in [0.3, 0.4) is 0 Å². The van der Waals surface area contributed by atoms with Crippen LogP contribution in [0.5, 0.6) is 0 Å². The number of pyridine rings is 5. The molecule has 0 atom stereocenters. The quantitative estimate of drug-likeness (QED) is 0.153. The molecule has 10 rings (SSSR count). The third-order valence-electron chi connectivity index (χ3n) is 16.2. The van der Waals surface area contributed by atoms with Gasteiger partial charge in [-0.15, -0.1) is 0 Å². The molecule has 0 unspecified atom stereocenters. The maximum absolute atomic E-state index is 7.59. The van der Waals surface area contributed by atoms with E-state index in [0.717, 1.165) is 44.9 Å². The highest BCUT2D eigenvalue weighted by atomic mass is 14.9. The minimum atomic E-state index is -2.15. The molecule has 440 valence electrons. The normalized spacial score (nSPS) is 13.3. The molecular formula is C80H100N5+5. The Morgan fingerprint density at radius 2 is 0.518 bits per heavy atom. The van der Waals surface area contributed by atoms with Crippen LogP contribution in [0.4, 0.5) is 0 Å². The predicted octanol–water partition coefficient (Wildman–Crippen LogP) is 17.1. The smallest absolute Gasteiger partial charge is 0.201 e. The Hall–Kier alpha value is -8.15. The molecule has 5 aromatic carbocycles. The Morgan fingerprint density at radius 1 is 0.224 bits per heavy atom. The van der Waals surface area contributed by atoms with Gasteiger partial charge in [0.25, 0.3) is 0 Å². The fourth-order valence-corrected chi connectivity index (χ4v) is 10.7. The molecule has 0 N–H and O–H groups in total. The van der Waals surface area contributed by atoms with Gasteiger partial charge in [-0.25, -0.2) is 22.8 Å². The molecule has 0 spiro atoms. The molecule has 0 amide bonds. The lowest BCUT2D eigenvalue weighted by Gasteiger charge is -2.09. The molecule has 0 saturated heterocycles. The van der Waals surface area contributed by atoms with E-state index >= 15 is 0 Å². The lowest BCUT2D eigenvalue weighted by molar-refractivity contribution is -0.660. The summed E-state index contributed by atoms with van der Waals surface area (Å²) in [6.45, 7) is 24.5. The topological polar surface area (TPSA) is 19.4 Å². The van der Waals surface area contributed by atoms with Crippen molar-refractivity contribution in [3.05, 3.63) is 264 Å². The minimum absolute atomic E-state index is 0.303. The highest BCUT2D eigenvalue weighted by molar-refractivity contribution is 5.68. The van der Waals surface area contributed by atoms with Crippen molar-refractivity contribution in [2.75, 3.05) is 0 Å². The van der Waals surface area contributed by atoms with Crippen LogP contribution >= 0.6 is 0 Å². The zero-order chi connectivity index (χ0) is 72.9. The van der Waals surface area contributed by atoms with Crippen LogP contribution in [-0.2, 0) is 35.2 Å². The van der Waals surface area contributed by atoms with Crippen molar-refractivity contribution in [1.29, 1.82) is 0 Å². The first-order valence-electron chi connectivity index (χ1n) is 35.2. The molecule has 0 bridgehead atoms. The molecular weight excluding hydrogens is 1030 g/mol. The second-order valence-electron chi connectivity index (χ2n) is 23.6. The Bertz CT molecular complexity index is 4490. The lowest BCUT2D eigenvalue weighted by Crippen LogP contribution is -2.31.